The number of hydrogen-bond donors (Lipinski definition) is 1. The van der Waals surface area contributed by atoms with Gasteiger partial charge in [-0.05, 0) is 54.5 Å². The highest BCUT2D eigenvalue weighted by Gasteiger charge is 2.24. The normalized spacial score (nSPS) is 22.2. The van der Waals surface area contributed by atoms with Crippen LogP contribution in [0.25, 0.3) is 10.8 Å². The summed E-state index contributed by atoms with van der Waals surface area (Å²) in [4.78, 5) is 0. The molecule has 0 unspecified atom stereocenters. The first-order chi connectivity index (χ1) is 9.19. The maximum absolute atomic E-state index is 9.96. The summed E-state index contributed by atoms with van der Waals surface area (Å²) < 4.78 is 6.00. The molecule has 2 aromatic carbocycles. The van der Waals surface area contributed by atoms with Crippen molar-refractivity contribution in [1.29, 1.82) is 0 Å². The fourth-order valence-corrected chi connectivity index (χ4v) is 2.91. The van der Waals surface area contributed by atoms with E-state index in [2.05, 4.69) is 25.6 Å². The summed E-state index contributed by atoms with van der Waals surface area (Å²) in [5.41, 5.74) is 2.51. The van der Waals surface area contributed by atoms with Crippen LogP contribution in [0.2, 0.25) is 0 Å². The minimum absolute atomic E-state index is 0.0976. The molecule has 2 nitrogen and oxygen atoms in total. The molecule has 0 fully saturated rings. The Morgan fingerprint density at radius 1 is 1.42 bits per heavy atom. The van der Waals surface area contributed by atoms with Crippen molar-refractivity contribution < 1.29 is 9.84 Å². The predicted octanol–water partition coefficient (Wildman–Crippen LogP) is 4.12. The summed E-state index contributed by atoms with van der Waals surface area (Å²) >= 11 is 0. The van der Waals surface area contributed by atoms with Gasteiger partial charge in [0.1, 0.15) is 5.75 Å². The van der Waals surface area contributed by atoms with Gasteiger partial charge < -0.3 is 9.84 Å². The van der Waals surface area contributed by atoms with Crippen LogP contribution in [0, 0.1) is 0 Å². The largest absolute Gasteiger partial charge is 0.507 e. The zero-order valence-electron chi connectivity index (χ0n) is 11.1. The van der Waals surface area contributed by atoms with E-state index >= 15 is 0 Å². The van der Waals surface area contributed by atoms with E-state index in [0.717, 1.165) is 23.6 Å². The van der Waals surface area contributed by atoms with Gasteiger partial charge in [0.05, 0.1) is 12.2 Å². The zero-order chi connectivity index (χ0) is 13.4. The summed E-state index contributed by atoms with van der Waals surface area (Å²) in [7, 11) is 0. The van der Waals surface area contributed by atoms with Crippen molar-refractivity contribution in [3.05, 3.63) is 54.1 Å². The SMILES string of the molecule is C=CC[C@@H]1Cc2cc3c(O)cccc3cc2[C@@H](C)O1. The Morgan fingerprint density at radius 3 is 3.05 bits per heavy atom. The van der Waals surface area contributed by atoms with E-state index in [9.17, 15) is 5.11 Å². The molecule has 0 spiro atoms. The van der Waals surface area contributed by atoms with Crippen molar-refractivity contribution in [1.82, 2.24) is 0 Å². The summed E-state index contributed by atoms with van der Waals surface area (Å²) in [6.45, 7) is 5.87. The number of phenolic OH excluding ortho intramolecular Hbond substituents is 1. The molecule has 0 aliphatic carbocycles. The molecule has 0 saturated carbocycles. The lowest BCUT2D eigenvalue weighted by molar-refractivity contribution is -0.0133. The molecule has 1 N–H and O–H groups in total. The van der Waals surface area contributed by atoms with E-state index in [1.807, 2.05) is 18.2 Å². The van der Waals surface area contributed by atoms with Gasteiger partial charge >= 0.3 is 0 Å². The van der Waals surface area contributed by atoms with E-state index in [1.54, 1.807) is 6.07 Å². The van der Waals surface area contributed by atoms with Gasteiger partial charge in [0.2, 0.25) is 0 Å². The van der Waals surface area contributed by atoms with Crippen molar-refractivity contribution in [2.24, 2.45) is 0 Å². The first kappa shape index (κ1) is 12.2. The summed E-state index contributed by atoms with van der Waals surface area (Å²) in [6.07, 6.45) is 3.95. The van der Waals surface area contributed by atoms with Crippen LogP contribution in [-0.2, 0) is 11.2 Å². The maximum Gasteiger partial charge on any atom is 0.123 e. The molecular weight excluding hydrogens is 236 g/mol. The lowest BCUT2D eigenvalue weighted by Crippen LogP contribution is -2.24. The molecule has 1 aliphatic rings. The Balaban J connectivity index is 2.11. The third-order valence-corrected chi connectivity index (χ3v) is 3.83. The highest BCUT2D eigenvalue weighted by atomic mass is 16.5. The second-order valence-electron chi connectivity index (χ2n) is 5.18. The minimum atomic E-state index is 0.0976. The fourth-order valence-electron chi connectivity index (χ4n) is 2.91. The molecular formula is C17H18O2. The third-order valence-electron chi connectivity index (χ3n) is 3.83. The summed E-state index contributed by atoms with van der Waals surface area (Å²) in [5, 5.41) is 12.0. The monoisotopic (exact) mass is 254 g/mol. The number of ether oxygens (including phenoxy) is 1. The van der Waals surface area contributed by atoms with Crippen molar-refractivity contribution in [3.8, 4) is 5.75 Å². The molecule has 1 aliphatic heterocycles. The Kier molecular flexibility index (Phi) is 3.03. The molecule has 0 bridgehead atoms. The van der Waals surface area contributed by atoms with E-state index in [1.165, 1.54) is 11.1 Å². The summed E-state index contributed by atoms with van der Waals surface area (Å²) in [6, 6.07) is 9.88. The first-order valence-electron chi connectivity index (χ1n) is 6.70. The summed E-state index contributed by atoms with van der Waals surface area (Å²) in [5.74, 6) is 0.347. The number of phenols is 1. The minimum Gasteiger partial charge on any atom is -0.507 e. The predicted molar refractivity (Wildman–Crippen MR) is 77.4 cm³/mol. The average molecular weight is 254 g/mol. The van der Waals surface area contributed by atoms with Crippen LogP contribution in [0.1, 0.15) is 30.6 Å². The van der Waals surface area contributed by atoms with Gasteiger partial charge in [-0.1, -0.05) is 18.2 Å². The van der Waals surface area contributed by atoms with E-state index in [0.29, 0.717) is 5.75 Å². The quantitative estimate of drug-likeness (QED) is 0.817. The molecule has 19 heavy (non-hydrogen) atoms. The zero-order valence-corrected chi connectivity index (χ0v) is 11.1. The Morgan fingerprint density at radius 2 is 2.26 bits per heavy atom. The van der Waals surface area contributed by atoms with Crippen LogP contribution < -0.4 is 0 Å². The lowest BCUT2D eigenvalue weighted by Gasteiger charge is -2.30. The number of benzene rings is 2. The number of hydrogen-bond acceptors (Lipinski definition) is 2. The van der Waals surface area contributed by atoms with Crippen LogP contribution in [0.15, 0.2) is 43.0 Å². The molecule has 0 radical (unpaired) electrons. The molecule has 0 saturated heterocycles. The Labute approximate surface area is 113 Å². The van der Waals surface area contributed by atoms with Crippen LogP contribution >= 0.6 is 0 Å². The topological polar surface area (TPSA) is 29.5 Å². The number of aromatic hydroxyl groups is 1. The first-order valence-corrected chi connectivity index (χ1v) is 6.70. The van der Waals surface area contributed by atoms with Gasteiger partial charge in [-0.25, -0.2) is 0 Å². The van der Waals surface area contributed by atoms with E-state index in [4.69, 9.17) is 4.74 Å². The van der Waals surface area contributed by atoms with Crippen LogP contribution in [-0.4, -0.2) is 11.2 Å². The third kappa shape index (κ3) is 2.13. The number of rotatable bonds is 2. The highest BCUT2D eigenvalue weighted by molar-refractivity contribution is 5.89. The fraction of sp³-hybridized carbons (Fsp3) is 0.294. The molecule has 2 heteroatoms. The van der Waals surface area contributed by atoms with Gasteiger partial charge in [0.25, 0.3) is 0 Å². The Hall–Kier alpha value is -1.80. The molecule has 98 valence electrons. The average Bonchev–Trinajstić information content (AvgIpc) is 2.38. The van der Waals surface area contributed by atoms with Gasteiger partial charge in [-0.15, -0.1) is 6.58 Å². The second-order valence-corrected chi connectivity index (χ2v) is 5.18. The van der Waals surface area contributed by atoms with E-state index < -0.39 is 0 Å². The van der Waals surface area contributed by atoms with Gasteiger partial charge in [-0.2, -0.15) is 0 Å². The molecule has 0 amide bonds. The standard InChI is InChI=1S/C17H18O2/c1-3-5-14-8-13-10-16-12(6-4-7-17(16)18)9-15(13)11(2)19-14/h3-4,6-7,9-11,14,18H,1,5,8H2,2H3/t11-,14-/m1/s1. The molecule has 0 aromatic heterocycles. The van der Waals surface area contributed by atoms with Crippen molar-refractivity contribution >= 4 is 10.8 Å². The molecule has 2 atom stereocenters. The van der Waals surface area contributed by atoms with Gasteiger partial charge in [0.15, 0.2) is 0 Å². The van der Waals surface area contributed by atoms with Crippen molar-refractivity contribution in [3.63, 3.8) is 0 Å². The lowest BCUT2D eigenvalue weighted by atomic mass is 9.90. The molecule has 3 rings (SSSR count). The molecule has 1 heterocycles. The van der Waals surface area contributed by atoms with Crippen LogP contribution in [0.4, 0.5) is 0 Å². The highest BCUT2D eigenvalue weighted by Crippen LogP contribution is 2.36. The smallest absolute Gasteiger partial charge is 0.123 e. The van der Waals surface area contributed by atoms with Crippen LogP contribution in [0.3, 0.4) is 0 Å². The van der Waals surface area contributed by atoms with Crippen molar-refractivity contribution in [2.45, 2.75) is 32.0 Å². The Bertz CT molecular complexity index is 630. The van der Waals surface area contributed by atoms with Gasteiger partial charge in [0, 0.05) is 5.39 Å². The van der Waals surface area contributed by atoms with Crippen molar-refractivity contribution in [2.75, 3.05) is 0 Å². The van der Waals surface area contributed by atoms with E-state index in [-0.39, 0.29) is 12.2 Å². The van der Waals surface area contributed by atoms with Crippen LogP contribution in [0.5, 0.6) is 5.75 Å². The maximum atomic E-state index is 9.96. The molecule has 2 aromatic rings. The number of fused-ring (bicyclic) bond motifs is 2. The van der Waals surface area contributed by atoms with Gasteiger partial charge in [-0.3, -0.25) is 0 Å². The second kappa shape index (κ2) is 4.71.